The summed E-state index contributed by atoms with van der Waals surface area (Å²) < 4.78 is 13.0. The minimum Gasteiger partial charge on any atom is -0.333 e. The van der Waals surface area contributed by atoms with E-state index in [1.54, 1.807) is 30.3 Å². The van der Waals surface area contributed by atoms with E-state index in [4.69, 9.17) is 23.2 Å². The first-order valence-corrected chi connectivity index (χ1v) is 8.91. The molecule has 0 aliphatic carbocycles. The van der Waals surface area contributed by atoms with E-state index in [2.05, 4.69) is 5.32 Å². The van der Waals surface area contributed by atoms with Gasteiger partial charge in [0, 0.05) is 11.6 Å². The van der Waals surface area contributed by atoms with Gasteiger partial charge in [-0.25, -0.2) is 4.39 Å². The first-order valence-electron chi connectivity index (χ1n) is 8.16. The minimum atomic E-state index is -0.366. The lowest BCUT2D eigenvalue weighted by Gasteiger charge is -2.22. The minimum absolute atomic E-state index is 0.100. The third kappa shape index (κ3) is 6.00. The SMILES string of the molecule is CCCN(CC(=O)Nc1cc(Cl)ccc1Cl)C(=O)Cc1ccc(F)cc1. The van der Waals surface area contributed by atoms with Crippen LogP contribution >= 0.6 is 23.2 Å². The van der Waals surface area contributed by atoms with Gasteiger partial charge in [-0.1, -0.05) is 42.3 Å². The molecule has 2 rings (SSSR count). The van der Waals surface area contributed by atoms with Crippen molar-refractivity contribution >= 4 is 40.7 Å². The Kier molecular flexibility index (Phi) is 7.42. The van der Waals surface area contributed by atoms with Gasteiger partial charge in [-0.05, 0) is 42.3 Å². The molecule has 0 fully saturated rings. The van der Waals surface area contributed by atoms with Gasteiger partial charge in [0.25, 0.3) is 0 Å². The van der Waals surface area contributed by atoms with Gasteiger partial charge >= 0.3 is 0 Å². The van der Waals surface area contributed by atoms with Crippen molar-refractivity contribution in [2.75, 3.05) is 18.4 Å². The number of hydrogen-bond acceptors (Lipinski definition) is 2. The van der Waals surface area contributed by atoms with E-state index >= 15 is 0 Å². The van der Waals surface area contributed by atoms with Gasteiger partial charge < -0.3 is 10.2 Å². The van der Waals surface area contributed by atoms with Crippen LogP contribution in [0.2, 0.25) is 10.0 Å². The van der Waals surface area contributed by atoms with E-state index in [1.165, 1.54) is 17.0 Å². The van der Waals surface area contributed by atoms with Crippen LogP contribution < -0.4 is 5.32 Å². The molecule has 0 aliphatic rings. The molecule has 2 aromatic rings. The van der Waals surface area contributed by atoms with E-state index in [9.17, 15) is 14.0 Å². The van der Waals surface area contributed by atoms with Gasteiger partial charge in [-0.3, -0.25) is 9.59 Å². The Bertz CT molecular complexity index is 782. The lowest BCUT2D eigenvalue weighted by molar-refractivity contribution is -0.134. The topological polar surface area (TPSA) is 49.4 Å². The fourth-order valence-corrected chi connectivity index (χ4v) is 2.74. The highest BCUT2D eigenvalue weighted by Crippen LogP contribution is 2.25. The monoisotopic (exact) mass is 396 g/mol. The van der Waals surface area contributed by atoms with Crippen LogP contribution in [0.1, 0.15) is 18.9 Å². The third-order valence-corrected chi connectivity index (χ3v) is 4.22. The maximum Gasteiger partial charge on any atom is 0.244 e. The van der Waals surface area contributed by atoms with Gasteiger partial charge in [0.1, 0.15) is 5.82 Å². The number of halogens is 3. The number of anilines is 1. The quantitative estimate of drug-likeness (QED) is 0.745. The number of amides is 2. The van der Waals surface area contributed by atoms with Gasteiger partial charge in [-0.2, -0.15) is 0 Å². The summed E-state index contributed by atoms with van der Waals surface area (Å²) in [6, 6.07) is 10.5. The number of benzene rings is 2. The molecule has 0 aliphatic heterocycles. The van der Waals surface area contributed by atoms with Crippen molar-refractivity contribution in [3.63, 3.8) is 0 Å². The highest BCUT2D eigenvalue weighted by molar-refractivity contribution is 6.35. The molecule has 7 heteroatoms. The molecular weight excluding hydrogens is 378 g/mol. The highest BCUT2D eigenvalue weighted by atomic mass is 35.5. The number of rotatable bonds is 7. The normalized spacial score (nSPS) is 10.5. The zero-order chi connectivity index (χ0) is 19.1. The summed E-state index contributed by atoms with van der Waals surface area (Å²) in [6.07, 6.45) is 0.811. The van der Waals surface area contributed by atoms with E-state index in [-0.39, 0.29) is 30.6 Å². The van der Waals surface area contributed by atoms with Crippen LogP contribution in [0.5, 0.6) is 0 Å². The predicted molar refractivity (Wildman–Crippen MR) is 102 cm³/mol. The second-order valence-electron chi connectivity index (χ2n) is 5.79. The average Bonchev–Trinajstić information content (AvgIpc) is 2.59. The molecule has 4 nitrogen and oxygen atoms in total. The van der Waals surface area contributed by atoms with E-state index in [1.807, 2.05) is 6.92 Å². The summed E-state index contributed by atoms with van der Waals surface area (Å²) in [5, 5.41) is 3.48. The molecule has 0 atom stereocenters. The fraction of sp³-hybridized carbons (Fsp3) is 0.263. The molecule has 2 amide bonds. The molecular formula is C19H19Cl2FN2O2. The van der Waals surface area contributed by atoms with E-state index in [0.717, 1.165) is 0 Å². The van der Waals surface area contributed by atoms with Crippen molar-refractivity contribution in [1.29, 1.82) is 0 Å². The maximum atomic E-state index is 13.0. The van der Waals surface area contributed by atoms with E-state index in [0.29, 0.717) is 34.3 Å². The smallest absolute Gasteiger partial charge is 0.244 e. The molecule has 0 heterocycles. The number of carbonyl (C=O) groups excluding carboxylic acids is 2. The van der Waals surface area contributed by atoms with Crippen molar-refractivity contribution in [1.82, 2.24) is 4.90 Å². The van der Waals surface area contributed by atoms with Crippen LogP contribution in [0.15, 0.2) is 42.5 Å². The largest absolute Gasteiger partial charge is 0.333 e. The molecule has 0 saturated carbocycles. The summed E-state index contributed by atoms with van der Waals surface area (Å²) >= 11 is 11.9. The number of hydrogen-bond donors (Lipinski definition) is 1. The van der Waals surface area contributed by atoms with Gasteiger partial charge in [-0.15, -0.1) is 0 Å². The first kappa shape index (κ1) is 20.2. The molecule has 2 aromatic carbocycles. The number of carbonyl (C=O) groups is 2. The van der Waals surface area contributed by atoms with Gasteiger partial charge in [0.05, 0.1) is 23.7 Å². The standard InChI is InChI=1S/C19H19Cl2FN2O2/c1-2-9-24(19(26)10-13-3-6-15(22)7-4-13)12-18(25)23-17-11-14(20)5-8-16(17)21/h3-8,11H,2,9-10,12H2,1H3,(H,23,25). The first-order chi connectivity index (χ1) is 12.4. The van der Waals surface area contributed by atoms with Crippen molar-refractivity contribution in [2.24, 2.45) is 0 Å². The third-order valence-electron chi connectivity index (χ3n) is 3.65. The average molecular weight is 397 g/mol. The van der Waals surface area contributed by atoms with Crippen LogP contribution in [0.4, 0.5) is 10.1 Å². The van der Waals surface area contributed by atoms with Crippen molar-refractivity contribution < 1.29 is 14.0 Å². The molecule has 0 radical (unpaired) electrons. The summed E-state index contributed by atoms with van der Waals surface area (Å²) in [5.74, 6) is -0.926. The van der Waals surface area contributed by atoms with Gasteiger partial charge in [0.2, 0.25) is 11.8 Å². The molecule has 0 spiro atoms. The van der Waals surface area contributed by atoms with Crippen LogP contribution in [0.25, 0.3) is 0 Å². The molecule has 1 N–H and O–H groups in total. The maximum absolute atomic E-state index is 13.0. The molecule has 0 unspecified atom stereocenters. The van der Waals surface area contributed by atoms with E-state index < -0.39 is 0 Å². The number of nitrogens with zero attached hydrogens (tertiary/aromatic N) is 1. The zero-order valence-electron chi connectivity index (χ0n) is 14.3. The van der Waals surface area contributed by atoms with Crippen LogP contribution in [0.3, 0.4) is 0 Å². The van der Waals surface area contributed by atoms with Crippen LogP contribution in [-0.4, -0.2) is 29.8 Å². The summed E-state index contributed by atoms with van der Waals surface area (Å²) in [5.41, 5.74) is 1.09. The summed E-state index contributed by atoms with van der Waals surface area (Å²) in [7, 11) is 0. The van der Waals surface area contributed by atoms with Crippen LogP contribution in [0, 0.1) is 5.82 Å². The Morgan fingerprint density at radius 3 is 2.46 bits per heavy atom. The Balaban J connectivity index is 2.01. The summed E-state index contributed by atoms with van der Waals surface area (Å²) in [4.78, 5) is 26.3. The molecule has 0 bridgehead atoms. The lowest BCUT2D eigenvalue weighted by atomic mass is 10.1. The summed E-state index contributed by atoms with van der Waals surface area (Å²) in [6.45, 7) is 2.26. The molecule has 0 saturated heterocycles. The molecule has 138 valence electrons. The van der Waals surface area contributed by atoms with Crippen molar-refractivity contribution in [3.8, 4) is 0 Å². The molecule has 0 aromatic heterocycles. The van der Waals surface area contributed by atoms with Gasteiger partial charge in [0.15, 0.2) is 0 Å². The predicted octanol–water partition coefficient (Wildman–Crippen LogP) is 4.55. The van der Waals surface area contributed by atoms with Crippen molar-refractivity contribution in [2.45, 2.75) is 19.8 Å². The lowest BCUT2D eigenvalue weighted by Crippen LogP contribution is -2.39. The Labute approximate surface area is 161 Å². The molecule has 26 heavy (non-hydrogen) atoms. The zero-order valence-corrected chi connectivity index (χ0v) is 15.8. The second kappa shape index (κ2) is 9.55. The number of nitrogens with one attached hydrogen (secondary N) is 1. The Morgan fingerprint density at radius 1 is 1.12 bits per heavy atom. The Morgan fingerprint density at radius 2 is 1.81 bits per heavy atom. The van der Waals surface area contributed by atoms with Crippen LogP contribution in [-0.2, 0) is 16.0 Å². The highest BCUT2D eigenvalue weighted by Gasteiger charge is 2.17. The fourth-order valence-electron chi connectivity index (χ4n) is 2.41. The second-order valence-corrected chi connectivity index (χ2v) is 6.63. The Hall–Kier alpha value is -2.11. The van der Waals surface area contributed by atoms with Crippen molar-refractivity contribution in [3.05, 3.63) is 63.9 Å².